The van der Waals surface area contributed by atoms with Crippen molar-refractivity contribution < 1.29 is 23.4 Å². The number of hydrogen-bond donors (Lipinski definition) is 5. The molecule has 1 aliphatic heterocycles. The second kappa shape index (κ2) is 12.6. The van der Waals surface area contributed by atoms with Crippen molar-refractivity contribution in [2.45, 2.75) is 56.8 Å². The topological polar surface area (TPSA) is 132 Å². The molecule has 8 nitrogen and oxygen atoms in total. The molecule has 0 saturated carbocycles. The number of amides is 1. The van der Waals surface area contributed by atoms with Crippen LogP contribution in [0, 0.1) is 28.4 Å². The summed E-state index contributed by atoms with van der Waals surface area (Å²) in [7, 11) is 1.39. The van der Waals surface area contributed by atoms with E-state index in [1.54, 1.807) is 6.07 Å². The van der Waals surface area contributed by atoms with Gasteiger partial charge in [-0.25, -0.2) is 14.6 Å². The van der Waals surface area contributed by atoms with Crippen molar-refractivity contribution in [3.8, 4) is 11.8 Å². The number of carbonyl (C=O) groups is 1. The Balaban J connectivity index is 1.92. The highest BCUT2D eigenvalue weighted by molar-refractivity contribution is 6.31. The molecule has 5 atom stereocenters. The fraction of sp³-hybridized carbons (Fsp3) is 0.355. The molecule has 43 heavy (non-hydrogen) atoms. The molecule has 1 heterocycles. The van der Waals surface area contributed by atoms with Crippen molar-refractivity contribution in [3.05, 3.63) is 93.0 Å². The van der Waals surface area contributed by atoms with Gasteiger partial charge in [-0.1, -0.05) is 62.2 Å². The maximum atomic E-state index is 15.9. The van der Waals surface area contributed by atoms with Gasteiger partial charge in [0, 0.05) is 28.1 Å². The number of nitrogens with one attached hydrogen (secondary N) is 3. The van der Waals surface area contributed by atoms with Crippen LogP contribution in [0.3, 0.4) is 0 Å². The first-order chi connectivity index (χ1) is 20.3. The number of hydrogen-bond acceptors (Lipinski definition) is 7. The van der Waals surface area contributed by atoms with E-state index >= 15 is 8.78 Å². The zero-order valence-electron chi connectivity index (χ0n) is 24.0. The highest BCUT2D eigenvalue weighted by Gasteiger charge is 2.61. The van der Waals surface area contributed by atoms with Crippen LogP contribution in [0.25, 0.3) is 0 Å². The summed E-state index contributed by atoms with van der Waals surface area (Å²) in [6, 6.07) is 13.4. The largest absolute Gasteiger partial charge is 0.495 e. The summed E-state index contributed by atoms with van der Waals surface area (Å²) < 4.78 is 37.1. The minimum Gasteiger partial charge on any atom is -0.495 e. The van der Waals surface area contributed by atoms with Crippen molar-refractivity contribution in [2.75, 3.05) is 12.4 Å². The number of anilines is 1. The molecule has 1 unspecified atom stereocenters. The number of nitrogen functional groups attached to an aromatic ring is 1. The van der Waals surface area contributed by atoms with Crippen LogP contribution in [-0.2, 0) is 5.41 Å². The molecular weight excluding hydrogens is 599 g/mol. The maximum absolute atomic E-state index is 15.9. The lowest BCUT2D eigenvalue weighted by Crippen LogP contribution is -2.45. The summed E-state index contributed by atoms with van der Waals surface area (Å²) >= 11 is 12.3. The minimum atomic E-state index is -1.71. The molecule has 0 aliphatic carbocycles. The van der Waals surface area contributed by atoms with Gasteiger partial charge in [0.15, 0.2) is 0 Å². The first-order valence-corrected chi connectivity index (χ1v) is 14.2. The van der Waals surface area contributed by atoms with Gasteiger partial charge < -0.3 is 20.5 Å². The van der Waals surface area contributed by atoms with E-state index in [1.807, 2.05) is 26.2 Å². The highest BCUT2D eigenvalue weighted by Crippen LogP contribution is 2.53. The molecule has 4 rings (SSSR count). The minimum absolute atomic E-state index is 0.00922. The van der Waals surface area contributed by atoms with E-state index in [0.717, 1.165) is 6.07 Å². The van der Waals surface area contributed by atoms with Gasteiger partial charge in [0.1, 0.15) is 29.0 Å². The third-order valence-corrected chi connectivity index (χ3v) is 8.25. The number of hydrazine groups is 1. The first-order valence-electron chi connectivity index (χ1n) is 13.5. The van der Waals surface area contributed by atoms with Crippen LogP contribution in [0.4, 0.5) is 14.5 Å². The van der Waals surface area contributed by atoms with E-state index < -0.39 is 47.2 Å². The summed E-state index contributed by atoms with van der Waals surface area (Å²) in [6.45, 7) is 5.90. The van der Waals surface area contributed by atoms with Gasteiger partial charge in [-0.15, -0.1) is 0 Å². The van der Waals surface area contributed by atoms with E-state index in [9.17, 15) is 15.2 Å². The number of nitrogens with two attached hydrogens (primary N) is 1. The second-order valence-corrected chi connectivity index (χ2v) is 12.6. The lowest BCUT2D eigenvalue weighted by molar-refractivity contribution is 0.0953. The molecule has 1 amide bonds. The molecule has 1 aliphatic rings. The van der Waals surface area contributed by atoms with Gasteiger partial charge in [0.25, 0.3) is 5.91 Å². The van der Waals surface area contributed by atoms with Crippen LogP contribution in [0.15, 0.2) is 54.6 Å². The summed E-state index contributed by atoms with van der Waals surface area (Å²) in [5.74, 6) is 2.25. The Kier molecular flexibility index (Phi) is 9.54. The average Bonchev–Trinajstić information content (AvgIpc) is 3.27. The van der Waals surface area contributed by atoms with Crippen molar-refractivity contribution in [1.29, 1.82) is 5.26 Å². The molecule has 12 heteroatoms. The van der Waals surface area contributed by atoms with Crippen LogP contribution in [0.5, 0.6) is 5.75 Å². The molecule has 3 aromatic rings. The van der Waals surface area contributed by atoms with E-state index in [2.05, 4.69) is 16.7 Å². The number of aliphatic hydroxyl groups excluding tert-OH is 1. The van der Waals surface area contributed by atoms with Gasteiger partial charge in [0.05, 0.1) is 29.9 Å². The summed E-state index contributed by atoms with van der Waals surface area (Å²) in [6.07, 6.45) is -1.11. The van der Waals surface area contributed by atoms with Crippen LogP contribution in [0.2, 0.25) is 10.0 Å². The van der Waals surface area contributed by atoms with Gasteiger partial charge in [-0.2, -0.15) is 5.26 Å². The Bertz CT molecular complexity index is 1560. The number of halogens is 4. The Morgan fingerprint density at radius 3 is 2.53 bits per heavy atom. The standard InChI is InChI=1S/C31H33Cl2F2N5O3/c1-30(2,3)14-24-31(15-36,19-10-9-17(32)13-21(19)34)25(18-6-5-7-20(33)26(18)35)27(39-24)29(42)38-22-11-8-16(28(41)40-37)12-23(22)43-4/h5-13,24-25,27,29,38-39,42H,14,37H2,1-4H3,(H,40,41)/t24-,25-,27+,29?,31-/m0/s1. The molecule has 6 N–H and O–H groups in total. The zero-order chi connectivity index (χ0) is 31.7. The number of carbonyl (C=O) groups excluding carboxylic acids is 1. The normalized spacial score (nSPS) is 22.5. The lowest BCUT2D eigenvalue weighted by atomic mass is 9.62. The van der Waals surface area contributed by atoms with Crippen LogP contribution in [0.1, 0.15) is 54.6 Å². The summed E-state index contributed by atoms with van der Waals surface area (Å²) in [4.78, 5) is 12.0. The number of nitriles is 1. The number of methoxy groups -OCH3 is 1. The van der Waals surface area contributed by atoms with Crippen LogP contribution >= 0.6 is 23.2 Å². The van der Waals surface area contributed by atoms with E-state index in [4.69, 9.17) is 33.8 Å². The number of aliphatic hydroxyl groups is 1. The Morgan fingerprint density at radius 2 is 1.93 bits per heavy atom. The number of rotatable bonds is 8. The quantitative estimate of drug-likeness (QED) is 0.0941. The van der Waals surface area contributed by atoms with Crippen molar-refractivity contribution in [2.24, 2.45) is 11.3 Å². The van der Waals surface area contributed by atoms with Crippen molar-refractivity contribution in [3.63, 3.8) is 0 Å². The molecule has 3 aromatic carbocycles. The van der Waals surface area contributed by atoms with E-state index in [0.29, 0.717) is 12.1 Å². The van der Waals surface area contributed by atoms with Gasteiger partial charge in [-0.05, 0) is 53.8 Å². The highest BCUT2D eigenvalue weighted by atomic mass is 35.5. The molecule has 0 spiro atoms. The predicted molar refractivity (Wildman–Crippen MR) is 162 cm³/mol. The Morgan fingerprint density at radius 1 is 1.21 bits per heavy atom. The van der Waals surface area contributed by atoms with Gasteiger partial charge in [-0.3, -0.25) is 10.2 Å². The molecular formula is C31H33Cl2F2N5O3. The predicted octanol–water partition coefficient (Wildman–Crippen LogP) is 5.64. The molecule has 0 aromatic heterocycles. The Hall–Kier alpha value is -3.46. The second-order valence-electron chi connectivity index (χ2n) is 11.7. The number of ether oxygens (including phenoxy) is 1. The zero-order valence-corrected chi connectivity index (χ0v) is 25.5. The molecule has 228 valence electrons. The Labute approximate surface area is 259 Å². The smallest absolute Gasteiger partial charge is 0.265 e. The molecule has 0 radical (unpaired) electrons. The number of benzene rings is 3. The summed E-state index contributed by atoms with van der Waals surface area (Å²) in [5.41, 5.74) is 0.515. The number of nitrogens with zero attached hydrogens (tertiary/aromatic N) is 1. The van der Waals surface area contributed by atoms with E-state index in [1.165, 1.54) is 49.6 Å². The molecule has 1 saturated heterocycles. The van der Waals surface area contributed by atoms with Crippen LogP contribution in [-0.4, -0.2) is 36.4 Å². The van der Waals surface area contributed by atoms with Crippen LogP contribution < -0.4 is 26.6 Å². The maximum Gasteiger partial charge on any atom is 0.265 e. The molecule has 1 fully saturated rings. The lowest BCUT2D eigenvalue weighted by Gasteiger charge is -2.38. The monoisotopic (exact) mass is 631 g/mol. The van der Waals surface area contributed by atoms with E-state index in [-0.39, 0.29) is 37.9 Å². The third kappa shape index (κ3) is 6.28. The average molecular weight is 633 g/mol. The van der Waals surface area contributed by atoms with Crippen molar-refractivity contribution in [1.82, 2.24) is 10.7 Å². The molecule has 0 bridgehead atoms. The van der Waals surface area contributed by atoms with Gasteiger partial charge >= 0.3 is 0 Å². The fourth-order valence-electron chi connectivity index (χ4n) is 5.94. The van der Waals surface area contributed by atoms with Gasteiger partial charge in [0.2, 0.25) is 0 Å². The van der Waals surface area contributed by atoms with Crippen molar-refractivity contribution >= 4 is 34.8 Å². The third-order valence-electron chi connectivity index (χ3n) is 7.73. The fourth-order valence-corrected chi connectivity index (χ4v) is 6.28. The SMILES string of the molecule is COc1cc(C(=O)NN)ccc1NC(O)[C@@H]1N[C@@H](CC(C)(C)C)[C@](C#N)(c2ccc(Cl)cc2F)[C@H]1c1cccc(Cl)c1F. The summed E-state index contributed by atoms with van der Waals surface area (Å²) in [5, 5.41) is 29.0. The first kappa shape index (κ1) is 32.5.